The maximum Gasteiger partial charge on any atom is 0.208 e. The van der Waals surface area contributed by atoms with E-state index in [1.165, 1.54) is 6.26 Å². The first-order valence-electron chi connectivity index (χ1n) is 5.34. The van der Waals surface area contributed by atoms with Gasteiger partial charge in [0.2, 0.25) is 10.0 Å². The molecule has 0 radical (unpaired) electrons. The van der Waals surface area contributed by atoms with Crippen molar-refractivity contribution in [2.45, 2.75) is 25.3 Å². The van der Waals surface area contributed by atoms with Gasteiger partial charge in [0.15, 0.2) is 0 Å². The standard InChI is InChI=1S/C9H20N2O3S/c1-15(12,13)11-6-2-5-10-9-3-7-14-8-4-9/h9-11H,2-8H2,1H3. The number of sulfonamides is 1. The first-order valence-corrected chi connectivity index (χ1v) is 7.23. The molecule has 0 aliphatic carbocycles. The Morgan fingerprint density at radius 1 is 1.27 bits per heavy atom. The van der Waals surface area contributed by atoms with Crippen LogP contribution in [-0.2, 0) is 14.8 Å². The summed E-state index contributed by atoms with van der Waals surface area (Å²) in [5.41, 5.74) is 0. The lowest BCUT2D eigenvalue weighted by Gasteiger charge is -2.23. The van der Waals surface area contributed by atoms with Gasteiger partial charge in [-0.1, -0.05) is 0 Å². The van der Waals surface area contributed by atoms with Gasteiger partial charge in [0.1, 0.15) is 0 Å². The Morgan fingerprint density at radius 2 is 1.93 bits per heavy atom. The second-order valence-corrected chi connectivity index (χ2v) is 5.69. The molecule has 1 heterocycles. The highest BCUT2D eigenvalue weighted by Crippen LogP contribution is 2.05. The highest BCUT2D eigenvalue weighted by molar-refractivity contribution is 7.88. The molecular formula is C9H20N2O3S. The van der Waals surface area contributed by atoms with Crippen LogP contribution in [0.15, 0.2) is 0 Å². The molecule has 0 bridgehead atoms. The second-order valence-electron chi connectivity index (χ2n) is 3.86. The molecule has 0 amide bonds. The molecule has 1 rings (SSSR count). The average molecular weight is 236 g/mol. The van der Waals surface area contributed by atoms with Crippen molar-refractivity contribution in [3.63, 3.8) is 0 Å². The smallest absolute Gasteiger partial charge is 0.208 e. The Hall–Kier alpha value is -0.170. The summed E-state index contributed by atoms with van der Waals surface area (Å²) in [4.78, 5) is 0. The minimum Gasteiger partial charge on any atom is -0.381 e. The van der Waals surface area contributed by atoms with Crippen LogP contribution in [0.5, 0.6) is 0 Å². The van der Waals surface area contributed by atoms with E-state index < -0.39 is 10.0 Å². The van der Waals surface area contributed by atoms with Gasteiger partial charge in [-0.3, -0.25) is 0 Å². The minimum atomic E-state index is -3.03. The first kappa shape index (κ1) is 12.9. The zero-order chi connectivity index (χ0) is 11.1. The molecule has 1 aliphatic rings. The molecule has 2 N–H and O–H groups in total. The lowest BCUT2D eigenvalue weighted by molar-refractivity contribution is 0.0781. The van der Waals surface area contributed by atoms with Crippen LogP contribution in [0.2, 0.25) is 0 Å². The summed E-state index contributed by atoms with van der Waals surface area (Å²) in [6, 6.07) is 0.539. The van der Waals surface area contributed by atoms with E-state index in [1.54, 1.807) is 0 Å². The number of rotatable bonds is 6. The Bertz CT molecular complexity index is 261. The Balaban J connectivity index is 1.96. The maximum absolute atomic E-state index is 10.7. The van der Waals surface area contributed by atoms with Crippen LogP contribution < -0.4 is 10.0 Å². The molecular weight excluding hydrogens is 216 g/mol. The van der Waals surface area contributed by atoms with Crippen LogP contribution in [0.25, 0.3) is 0 Å². The molecule has 1 saturated heterocycles. The van der Waals surface area contributed by atoms with Crippen LogP contribution in [0.1, 0.15) is 19.3 Å². The van der Waals surface area contributed by atoms with Gasteiger partial charge in [-0.2, -0.15) is 0 Å². The van der Waals surface area contributed by atoms with Crippen LogP contribution in [0, 0.1) is 0 Å². The van der Waals surface area contributed by atoms with Gasteiger partial charge in [0.05, 0.1) is 6.26 Å². The van der Waals surface area contributed by atoms with Crippen molar-refractivity contribution >= 4 is 10.0 Å². The van der Waals surface area contributed by atoms with E-state index in [0.29, 0.717) is 12.6 Å². The summed E-state index contributed by atoms with van der Waals surface area (Å²) < 4.78 is 29.2. The molecule has 1 fully saturated rings. The van der Waals surface area contributed by atoms with Crippen molar-refractivity contribution in [3.05, 3.63) is 0 Å². The molecule has 0 saturated carbocycles. The van der Waals surface area contributed by atoms with E-state index in [2.05, 4.69) is 10.0 Å². The van der Waals surface area contributed by atoms with Gasteiger partial charge in [0, 0.05) is 25.8 Å². The van der Waals surface area contributed by atoms with Gasteiger partial charge in [0.25, 0.3) is 0 Å². The first-order chi connectivity index (χ1) is 7.08. The molecule has 5 nitrogen and oxygen atoms in total. The Morgan fingerprint density at radius 3 is 2.53 bits per heavy atom. The SMILES string of the molecule is CS(=O)(=O)NCCCNC1CCOCC1. The van der Waals surface area contributed by atoms with Crippen molar-refractivity contribution in [1.82, 2.24) is 10.0 Å². The van der Waals surface area contributed by atoms with E-state index in [4.69, 9.17) is 4.74 Å². The Labute approximate surface area is 91.6 Å². The van der Waals surface area contributed by atoms with E-state index in [1.807, 2.05) is 0 Å². The third-order valence-corrected chi connectivity index (χ3v) is 3.10. The van der Waals surface area contributed by atoms with E-state index >= 15 is 0 Å². The fourth-order valence-corrected chi connectivity index (χ4v) is 2.07. The van der Waals surface area contributed by atoms with Crippen molar-refractivity contribution in [2.75, 3.05) is 32.6 Å². The van der Waals surface area contributed by atoms with Crippen LogP contribution in [0.4, 0.5) is 0 Å². The fourth-order valence-electron chi connectivity index (χ4n) is 1.55. The van der Waals surface area contributed by atoms with E-state index in [-0.39, 0.29) is 0 Å². The van der Waals surface area contributed by atoms with Crippen molar-refractivity contribution in [1.29, 1.82) is 0 Å². The van der Waals surface area contributed by atoms with E-state index in [9.17, 15) is 8.42 Å². The molecule has 0 spiro atoms. The summed E-state index contributed by atoms with van der Waals surface area (Å²) in [6.45, 7) is 3.03. The predicted molar refractivity (Wildman–Crippen MR) is 59.3 cm³/mol. The molecule has 6 heteroatoms. The summed E-state index contributed by atoms with van der Waals surface area (Å²) in [6.07, 6.45) is 4.11. The summed E-state index contributed by atoms with van der Waals surface area (Å²) in [5, 5.41) is 3.39. The third kappa shape index (κ3) is 6.83. The number of nitrogens with one attached hydrogen (secondary N) is 2. The zero-order valence-electron chi connectivity index (χ0n) is 9.16. The summed E-state index contributed by atoms with van der Waals surface area (Å²) >= 11 is 0. The van der Waals surface area contributed by atoms with Gasteiger partial charge in [-0.25, -0.2) is 13.1 Å². The van der Waals surface area contributed by atoms with Crippen molar-refractivity contribution < 1.29 is 13.2 Å². The Kier molecular flexibility index (Phi) is 5.52. The van der Waals surface area contributed by atoms with Gasteiger partial charge < -0.3 is 10.1 Å². The van der Waals surface area contributed by atoms with Crippen LogP contribution in [-0.4, -0.2) is 47.0 Å². The molecule has 90 valence electrons. The molecule has 1 aliphatic heterocycles. The van der Waals surface area contributed by atoms with Gasteiger partial charge in [-0.15, -0.1) is 0 Å². The highest BCUT2D eigenvalue weighted by atomic mass is 32.2. The number of ether oxygens (including phenoxy) is 1. The average Bonchev–Trinajstić information content (AvgIpc) is 2.17. The molecule has 0 atom stereocenters. The van der Waals surface area contributed by atoms with Crippen molar-refractivity contribution in [3.8, 4) is 0 Å². The molecule has 0 aromatic carbocycles. The molecule has 15 heavy (non-hydrogen) atoms. The van der Waals surface area contributed by atoms with Crippen molar-refractivity contribution in [2.24, 2.45) is 0 Å². The van der Waals surface area contributed by atoms with Crippen LogP contribution >= 0.6 is 0 Å². The summed E-state index contributed by atoms with van der Waals surface area (Å²) in [7, 11) is -3.03. The highest BCUT2D eigenvalue weighted by Gasteiger charge is 2.12. The minimum absolute atomic E-state index is 0.509. The van der Waals surface area contributed by atoms with E-state index in [0.717, 1.165) is 39.0 Å². The molecule has 0 aromatic rings. The zero-order valence-corrected chi connectivity index (χ0v) is 9.98. The fraction of sp³-hybridized carbons (Fsp3) is 1.00. The number of hydrogen-bond acceptors (Lipinski definition) is 4. The van der Waals surface area contributed by atoms with Crippen LogP contribution in [0.3, 0.4) is 0 Å². The molecule has 0 aromatic heterocycles. The topological polar surface area (TPSA) is 67.4 Å². The maximum atomic E-state index is 10.7. The second kappa shape index (κ2) is 6.42. The lowest BCUT2D eigenvalue weighted by Crippen LogP contribution is -2.36. The summed E-state index contributed by atoms with van der Waals surface area (Å²) in [5.74, 6) is 0. The largest absolute Gasteiger partial charge is 0.381 e. The third-order valence-electron chi connectivity index (χ3n) is 2.37. The molecule has 0 unspecified atom stereocenters. The predicted octanol–water partition coefficient (Wildman–Crippen LogP) is -0.306. The monoisotopic (exact) mass is 236 g/mol. The normalized spacial score (nSPS) is 19.3. The van der Waals surface area contributed by atoms with Gasteiger partial charge in [-0.05, 0) is 25.8 Å². The quantitative estimate of drug-likeness (QED) is 0.621. The number of hydrogen-bond donors (Lipinski definition) is 2. The van der Waals surface area contributed by atoms with Gasteiger partial charge >= 0.3 is 0 Å². The lowest BCUT2D eigenvalue weighted by atomic mass is 10.1.